The number of hydrogen-bond donors (Lipinski definition) is 0. The average molecular weight is 193 g/mol. The molecule has 0 aromatic carbocycles. The second kappa shape index (κ2) is 3.14. The van der Waals surface area contributed by atoms with Crippen LogP contribution in [0.25, 0.3) is 6.08 Å². The third-order valence-corrected chi connectivity index (χ3v) is 2.52. The molecule has 1 aliphatic heterocycles. The van der Waals surface area contributed by atoms with Crippen LogP contribution in [0.1, 0.15) is 11.8 Å². The van der Waals surface area contributed by atoms with Crippen LogP contribution >= 0.6 is 11.3 Å². The predicted octanol–water partition coefficient (Wildman–Crippen LogP) is 2.06. The van der Waals surface area contributed by atoms with Crippen LogP contribution in [0, 0.1) is 0 Å². The third-order valence-electron chi connectivity index (χ3n) is 1.70. The van der Waals surface area contributed by atoms with Crippen molar-refractivity contribution in [2.75, 3.05) is 0 Å². The lowest BCUT2D eigenvalue weighted by molar-refractivity contribution is -0.136. The van der Waals surface area contributed by atoms with Crippen LogP contribution in [-0.4, -0.2) is 11.7 Å². The van der Waals surface area contributed by atoms with Crippen LogP contribution in [0.2, 0.25) is 0 Å². The summed E-state index contributed by atoms with van der Waals surface area (Å²) in [5.74, 6) is -0.370. The SMILES string of the molecule is CC1=NOC(=O)/C1=C\c1cccs1. The molecule has 2 heterocycles. The molecule has 66 valence electrons. The van der Waals surface area contributed by atoms with E-state index in [1.807, 2.05) is 17.5 Å². The second-order valence-corrected chi connectivity index (χ2v) is 3.61. The molecule has 0 radical (unpaired) electrons. The van der Waals surface area contributed by atoms with E-state index >= 15 is 0 Å². The van der Waals surface area contributed by atoms with Gasteiger partial charge in [0.15, 0.2) is 0 Å². The number of carbonyl (C=O) groups is 1. The van der Waals surface area contributed by atoms with Gasteiger partial charge in [-0.1, -0.05) is 11.2 Å². The van der Waals surface area contributed by atoms with Gasteiger partial charge in [0.2, 0.25) is 0 Å². The Bertz CT molecular complexity index is 390. The zero-order valence-electron chi connectivity index (χ0n) is 6.98. The summed E-state index contributed by atoms with van der Waals surface area (Å²) in [6, 6.07) is 3.88. The highest BCUT2D eigenvalue weighted by Crippen LogP contribution is 2.18. The summed E-state index contributed by atoms with van der Waals surface area (Å²) < 4.78 is 0. The van der Waals surface area contributed by atoms with Crippen molar-refractivity contribution in [3.05, 3.63) is 28.0 Å². The van der Waals surface area contributed by atoms with Crippen LogP contribution < -0.4 is 0 Å². The minimum Gasteiger partial charge on any atom is -0.312 e. The molecule has 4 heteroatoms. The molecule has 0 amide bonds. The maximum atomic E-state index is 11.1. The number of thiophene rings is 1. The average Bonchev–Trinajstić information content (AvgIpc) is 2.70. The van der Waals surface area contributed by atoms with E-state index in [1.165, 1.54) is 0 Å². The summed E-state index contributed by atoms with van der Waals surface area (Å²) in [6.45, 7) is 1.75. The predicted molar refractivity (Wildman–Crippen MR) is 51.5 cm³/mol. The zero-order chi connectivity index (χ0) is 9.26. The highest BCUT2D eigenvalue weighted by atomic mass is 32.1. The number of carbonyl (C=O) groups excluding carboxylic acids is 1. The van der Waals surface area contributed by atoms with Crippen molar-refractivity contribution >= 4 is 29.1 Å². The lowest BCUT2D eigenvalue weighted by Gasteiger charge is -1.89. The Morgan fingerprint density at radius 2 is 2.46 bits per heavy atom. The van der Waals surface area contributed by atoms with Crippen molar-refractivity contribution in [3.8, 4) is 0 Å². The van der Waals surface area contributed by atoms with Gasteiger partial charge in [-0.05, 0) is 24.4 Å². The van der Waals surface area contributed by atoms with E-state index in [1.54, 1.807) is 24.3 Å². The van der Waals surface area contributed by atoms with E-state index in [9.17, 15) is 4.79 Å². The highest BCUT2D eigenvalue weighted by molar-refractivity contribution is 7.10. The molecular weight excluding hydrogens is 186 g/mol. The van der Waals surface area contributed by atoms with Crippen LogP contribution in [0.4, 0.5) is 0 Å². The first-order valence-corrected chi connectivity index (χ1v) is 4.67. The Kier molecular flexibility index (Phi) is 1.98. The van der Waals surface area contributed by atoms with E-state index < -0.39 is 0 Å². The molecule has 0 spiro atoms. The third kappa shape index (κ3) is 1.53. The van der Waals surface area contributed by atoms with Gasteiger partial charge < -0.3 is 4.84 Å². The summed E-state index contributed by atoms with van der Waals surface area (Å²) >= 11 is 1.57. The summed E-state index contributed by atoms with van der Waals surface area (Å²) in [5.41, 5.74) is 1.18. The highest BCUT2D eigenvalue weighted by Gasteiger charge is 2.21. The molecule has 0 saturated heterocycles. The molecule has 0 aliphatic carbocycles. The van der Waals surface area contributed by atoms with Gasteiger partial charge in [0.25, 0.3) is 0 Å². The number of nitrogens with zero attached hydrogens (tertiary/aromatic N) is 1. The van der Waals surface area contributed by atoms with Crippen LogP contribution in [-0.2, 0) is 9.63 Å². The quantitative estimate of drug-likeness (QED) is 0.506. The molecule has 0 atom stereocenters. The number of rotatable bonds is 1. The molecule has 1 aromatic heterocycles. The molecule has 1 aliphatic rings. The van der Waals surface area contributed by atoms with Crippen LogP contribution in [0.15, 0.2) is 28.2 Å². The lowest BCUT2D eigenvalue weighted by atomic mass is 10.1. The van der Waals surface area contributed by atoms with E-state index in [-0.39, 0.29) is 5.97 Å². The normalized spacial score (nSPS) is 19.0. The fourth-order valence-corrected chi connectivity index (χ4v) is 1.69. The topological polar surface area (TPSA) is 38.7 Å². The molecule has 0 saturated carbocycles. The molecular formula is C9H7NO2S. The molecule has 0 N–H and O–H groups in total. The van der Waals surface area contributed by atoms with E-state index in [2.05, 4.69) is 9.99 Å². The van der Waals surface area contributed by atoms with Crippen molar-refractivity contribution in [2.24, 2.45) is 5.16 Å². The Hall–Kier alpha value is -1.42. The molecule has 2 rings (SSSR count). The lowest BCUT2D eigenvalue weighted by Crippen LogP contribution is -2.01. The first-order valence-electron chi connectivity index (χ1n) is 3.79. The molecule has 3 nitrogen and oxygen atoms in total. The van der Waals surface area contributed by atoms with Gasteiger partial charge in [-0.15, -0.1) is 11.3 Å². The van der Waals surface area contributed by atoms with E-state index in [4.69, 9.17) is 0 Å². The van der Waals surface area contributed by atoms with Gasteiger partial charge in [0.1, 0.15) is 0 Å². The van der Waals surface area contributed by atoms with Crippen molar-refractivity contribution in [1.29, 1.82) is 0 Å². The molecule has 1 aromatic rings. The van der Waals surface area contributed by atoms with Crippen molar-refractivity contribution < 1.29 is 9.63 Å². The Morgan fingerprint density at radius 3 is 3.00 bits per heavy atom. The number of hydrogen-bond acceptors (Lipinski definition) is 4. The fraction of sp³-hybridized carbons (Fsp3) is 0.111. The number of oxime groups is 1. The molecule has 0 bridgehead atoms. The fourth-order valence-electron chi connectivity index (χ4n) is 1.03. The summed E-state index contributed by atoms with van der Waals surface area (Å²) in [6.07, 6.45) is 1.79. The molecule has 0 fully saturated rings. The summed E-state index contributed by atoms with van der Waals surface area (Å²) in [5, 5.41) is 5.54. The van der Waals surface area contributed by atoms with Gasteiger partial charge in [0, 0.05) is 4.88 Å². The Balaban J connectivity index is 2.35. The Morgan fingerprint density at radius 1 is 1.62 bits per heavy atom. The minimum atomic E-state index is -0.370. The van der Waals surface area contributed by atoms with Crippen LogP contribution in [0.3, 0.4) is 0 Å². The maximum absolute atomic E-state index is 11.1. The minimum absolute atomic E-state index is 0.370. The van der Waals surface area contributed by atoms with Gasteiger partial charge in [-0.25, -0.2) is 4.79 Å². The van der Waals surface area contributed by atoms with Crippen molar-refractivity contribution in [1.82, 2.24) is 0 Å². The van der Waals surface area contributed by atoms with Gasteiger partial charge in [-0.2, -0.15) is 0 Å². The van der Waals surface area contributed by atoms with Crippen molar-refractivity contribution in [3.63, 3.8) is 0 Å². The van der Waals surface area contributed by atoms with E-state index in [0.29, 0.717) is 11.3 Å². The largest absolute Gasteiger partial charge is 0.367 e. The Labute approximate surface area is 79.3 Å². The van der Waals surface area contributed by atoms with Gasteiger partial charge in [-0.3, -0.25) is 0 Å². The zero-order valence-corrected chi connectivity index (χ0v) is 7.80. The summed E-state index contributed by atoms with van der Waals surface area (Å²) in [4.78, 5) is 16.7. The van der Waals surface area contributed by atoms with Gasteiger partial charge >= 0.3 is 5.97 Å². The first-order chi connectivity index (χ1) is 6.27. The van der Waals surface area contributed by atoms with Crippen molar-refractivity contribution in [2.45, 2.75) is 6.92 Å². The molecule has 0 unspecified atom stereocenters. The monoisotopic (exact) mass is 193 g/mol. The second-order valence-electron chi connectivity index (χ2n) is 2.63. The summed E-state index contributed by atoms with van der Waals surface area (Å²) in [7, 11) is 0. The molecule has 13 heavy (non-hydrogen) atoms. The maximum Gasteiger partial charge on any atom is 0.367 e. The first kappa shape index (κ1) is 8.19. The van der Waals surface area contributed by atoms with Crippen LogP contribution in [0.5, 0.6) is 0 Å². The standard InChI is InChI=1S/C9H7NO2S/c1-6-8(9(11)12-10-6)5-7-3-2-4-13-7/h2-5H,1H3/b8-5-. The van der Waals surface area contributed by atoms with Gasteiger partial charge in [0.05, 0.1) is 11.3 Å². The smallest absolute Gasteiger partial charge is 0.312 e. The van der Waals surface area contributed by atoms with E-state index in [0.717, 1.165) is 4.88 Å².